The summed E-state index contributed by atoms with van der Waals surface area (Å²) in [6.45, 7) is 0.247. The molecule has 1 aromatic carbocycles. The van der Waals surface area contributed by atoms with E-state index in [4.69, 9.17) is 23.2 Å². The lowest BCUT2D eigenvalue weighted by atomic mass is 9.85. The minimum atomic E-state index is -0.784. The summed E-state index contributed by atoms with van der Waals surface area (Å²) in [4.78, 5) is 11.8. The highest BCUT2D eigenvalue weighted by atomic mass is 35.5. The molecule has 4 nitrogen and oxygen atoms in total. The van der Waals surface area contributed by atoms with Gasteiger partial charge in [-0.3, -0.25) is 0 Å². The van der Waals surface area contributed by atoms with Gasteiger partial charge in [-0.05, 0) is 31.0 Å². The van der Waals surface area contributed by atoms with Gasteiger partial charge in [-0.2, -0.15) is 0 Å². The first-order valence-corrected chi connectivity index (χ1v) is 7.46. The molecular formula is C14H18Cl2N2O2. The van der Waals surface area contributed by atoms with Gasteiger partial charge in [0.05, 0.1) is 16.3 Å². The normalized spacial score (nSPS) is 17.6. The molecule has 1 aromatic rings. The molecule has 0 unspecified atom stereocenters. The smallest absolute Gasteiger partial charge is 0.319 e. The number of amides is 2. The molecule has 0 aliphatic heterocycles. The number of carbonyl (C=O) groups excluding carboxylic acids is 1. The van der Waals surface area contributed by atoms with Crippen LogP contribution < -0.4 is 10.6 Å². The van der Waals surface area contributed by atoms with Gasteiger partial charge >= 0.3 is 6.03 Å². The molecule has 110 valence electrons. The largest absolute Gasteiger partial charge is 0.388 e. The number of urea groups is 1. The van der Waals surface area contributed by atoms with Crippen molar-refractivity contribution in [2.45, 2.75) is 37.7 Å². The molecule has 0 atom stereocenters. The van der Waals surface area contributed by atoms with Crippen molar-refractivity contribution >= 4 is 34.9 Å². The number of rotatable bonds is 3. The zero-order valence-electron chi connectivity index (χ0n) is 11.1. The lowest BCUT2D eigenvalue weighted by Crippen LogP contribution is -2.45. The van der Waals surface area contributed by atoms with Gasteiger partial charge in [-0.1, -0.05) is 42.5 Å². The summed E-state index contributed by atoms with van der Waals surface area (Å²) in [6, 6.07) is 4.46. The van der Waals surface area contributed by atoms with E-state index in [1.165, 1.54) is 0 Å². The number of carbonyl (C=O) groups is 1. The first-order chi connectivity index (χ1) is 9.48. The van der Waals surface area contributed by atoms with E-state index in [1.807, 2.05) is 0 Å². The number of hydrogen-bond donors (Lipinski definition) is 3. The predicted molar refractivity (Wildman–Crippen MR) is 81.5 cm³/mol. The van der Waals surface area contributed by atoms with Gasteiger partial charge in [0.1, 0.15) is 0 Å². The first kappa shape index (κ1) is 15.4. The van der Waals surface area contributed by atoms with Crippen LogP contribution in [0.4, 0.5) is 10.5 Å². The van der Waals surface area contributed by atoms with Crippen LogP contribution in [0.5, 0.6) is 0 Å². The zero-order valence-corrected chi connectivity index (χ0v) is 12.6. The second kappa shape index (κ2) is 6.66. The summed E-state index contributed by atoms with van der Waals surface area (Å²) in [5.74, 6) is 0. The summed E-state index contributed by atoms with van der Waals surface area (Å²) in [7, 11) is 0. The van der Waals surface area contributed by atoms with E-state index in [-0.39, 0.29) is 6.54 Å². The number of nitrogens with one attached hydrogen (secondary N) is 2. The quantitative estimate of drug-likeness (QED) is 0.794. The van der Waals surface area contributed by atoms with Crippen molar-refractivity contribution in [1.29, 1.82) is 0 Å². The number of hydrogen-bond acceptors (Lipinski definition) is 2. The highest BCUT2D eigenvalue weighted by Crippen LogP contribution is 2.28. The minimum absolute atomic E-state index is 0.247. The summed E-state index contributed by atoms with van der Waals surface area (Å²) >= 11 is 11.8. The molecule has 0 spiro atoms. The molecular weight excluding hydrogens is 299 g/mol. The number of anilines is 1. The summed E-state index contributed by atoms with van der Waals surface area (Å²) in [5.41, 5.74) is -0.333. The number of benzene rings is 1. The van der Waals surface area contributed by atoms with Crippen LogP contribution in [-0.4, -0.2) is 23.3 Å². The van der Waals surface area contributed by atoms with E-state index in [2.05, 4.69) is 10.6 Å². The second-order valence-electron chi connectivity index (χ2n) is 5.22. The van der Waals surface area contributed by atoms with Crippen LogP contribution in [0.25, 0.3) is 0 Å². The van der Waals surface area contributed by atoms with Crippen LogP contribution in [0.1, 0.15) is 32.1 Å². The Bertz CT molecular complexity index is 488. The van der Waals surface area contributed by atoms with E-state index in [9.17, 15) is 9.90 Å². The topological polar surface area (TPSA) is 61.4 Å². The molecule has 1 aliphatic carbocycles. The fraction of sp³-hybridized carbons (Fsp3) is 0.500. The van der Waals surface area contributed by atoms with E-state index < -0.39 is 11.6 Å². The van der Waals surface area contributed by atoms with Crippen molar-refractivity contribution in [1.82, 2.24) is 5.32 Å². The maximum absolute atomic E-state index is 11.8. The molecule has 6 heteroatoms. The average molecular weight is 317 g/mol. The Kier molecular flexibility index (Phi) is 5.13. The number of halogens is 2. The molecule has 0 radical (unpaired) electrons. The van der Waals surface area contributed by atoms with Crippen LogP contribution in [0.2, 0.25) is 10.0 Å². The molecule has 1 aliphatic rings. The fourth-order valence-electron chi connectivity index (χ4n) is 2.39. The van der Waals surface area contributed by atoms with Gasteiger partial charge in [-0.15, -0.1) is 0 Å². The molecule has 20 heavy (non-hydrogen) atoms. The molecule has 2 rings (SSSR count). The van der Waals surface area contributed by atoms with Crippen LogP contribution in [0.3, 0.4) is 0 Å². The third kappa shape index (κ3) is 4.27. The van der Waals surface area contributed by atoms with E-state index >= 15 is 0 Å². The average Bonchev–Trinajstić information content (AvgIpc) is 2.42. The molecule has 0 saturated heterocycles. The van der Waals surface area contributed by atoms with Crippen LogP contribution in [0.15, 0.2) is 18.2 Å². The van der Waals surface area contributed by atoms with E-state index in [1.54, 1.807) is 18.2 Å². The standard InChI is InChI=1S/C14H18Cl2N2O2/c15-10-4-5-11(16)12(8-10)18-13(19)17-9-14(20)6-2-1-3-7-14/h4-5,8,20H,1-3,6-7,9H2,(H2,17,18,19). The molecule has 0 aromatic heterocycles. The van der Waals surface area contributed by atoms with Crippen molar-refractivity contribution < 1.29 is 9.90 Å². The first-order valence-electron chi connectivity index (χ1n) is 6.71. The van der Waals surface area contributed by atoms with Gasteiger partial charge in [0.25, 0.3) is 0 Å². The summed E-state index contributed by atoms with van der Waals surface area (Å²) in [5, 5.41) is 16.5. The van der Waals surface area contributed by atoms with Crippen LogP contribution in [0, 0.1) is 0 Å². The Balaban J connectivity index is 1.87. The minimum Gasteiger partial charge on any atom is -0.388 e. The lowest BCUT2D eigenvalue weighted by Gasteiger charge is -2.32. The van der Waals surface area contributed by atoms with Gasteiger partial charge in [0.2, 0.25) is 0 Å². The SMILES string of the molecule is O=C(NCC1(O)CCCCC1)Nc1cc(Cl)ccc1Cl. The predicted octanol–water partition coefficient (Wildman–Crippen LogP) is 3.81. The van der Waals surface area contributed by atoms with Gasteiger partial charge < -0.3 is 15.7 Å². The van der Waals surface area contributed by atoms with Crippen molar-refractivity contribution in [2.75, 3.05) is 11.9 Å². The zero-order chi connectivity index (χ0) is 14.6. The third-order valence-corrected chi connectivity index (χ3v) is 4.10. The van der Waals surface area contributed by atoms with E-state index in [0.29, 0.717) is 15.7 Å². The highest BCUT2D eigenvalue weighted by Gasteiger charge is 2.29. The second-order valence-corrected chi connectivity index (χ2v) is 6.06. The fourth-order valence-corrected chi connectivity index (χ4v) is 2.73. The van der Waals surface area contributed by atoms with Crippen LogP contribution in [-0.2, 0) is 0 Å². The molecule has 3 N–H and O–H groups in total. The third-order valence-electron chi connectivity index (χ3n) is 3.54. The van der Waals surface area contributed by atoms with E-state index in [0.717, 1.165) is 32.1 Å². The Morgan fingerprint density at radius 2 is 1.95 bits per heavy atom. The molecule has 0 heterocycles. The molecule has 1 saturated carbocycles. The van der Waals surface area contributed by atoms with Crippen molar-refractivity contribution in [3.8, 4) is 0 Å². The van der Waals surface area contributed by atoms with Crippen molar-refractivity contribution in [2.24, 2.45) is 0 Å². The van der Waals surface area contributed by atoms with Crippen molar-refractivity contribution in [3.05, 3.63) is 28.2 Å². The number of aliphatic hydroxyl groups is 1. The van der Waals surface area contributed by atoms with Gasteiger partial charge in [0, 0.05) is 11.6 Å². The Hall–Kier alpha value is -0.970. The molecule has 0 bridgehead atoms. The molecule has 1 fully saturated rings. The van der Waals surface area contributed by atoms with Crippen molar-refractivity contribution in [3.63, 3.8) is 0 Å². The Morgan fingerprint density at radius 3 is 2.65 bits per heavy atom. The van der Waals surface area contributed by atoms with Crippen LogP contribution >= 0.6 is 23.2 Å². The lowest BCUT2D eigenvalue weighted by molar-refractivity contribution is 0.00755. The maximum Gasteiger partial charge on any atom is 0.319 e. The Labute approximate surface area is 128 Å². The maximum atomic E-state index is 11.8. The van der Waals surface area contributed by atoms with Gasteiger partial charge in [0.15, 0.2) is 0 Å². The Morgan fingerprint density at radius 1 is 1.25 bits per heavy atom. The monoisotopic (exact) mass is 316 g/mol. The summed E-state index contributed by atoms with van der Waals surface area (Å²) < 4.78 is 0. The molecule has 2 amide bonds. The van der Waals surface area contributed by atoms with Gasteiger partial charge in [-0.25, -0.2) is 4.79 Å². The summed E-state index contributed by atoms with van der Waals surface area (Å²) in [6.07, 6.45) is 4.60. The highest BCUT2D eigenvalue weighted by molar-refractivity contribution is 6.35.